The summed E-state index contributed by atoms with van der Waals surface area (Å²) >= 11 is 0.678. The number of amidine groups is 1. The maximum absolute atomic E-state index is 12.6. The highest BCUT2D eigenvalue weighted by atomic mass is 32.2. The second-order valence-electron chi connectivity index (χ2n) is 4.19. The van der Waals surface area contributed by atoms with Crippen LogP contribution in [0.15, 0.2) is 29.4 Å². The van der Waals surface area contributed by atoms with Gasteiger partial charge in [-0.15, -0.1) is 0 Å². The lowest BCUT2D eigenvalue weighted by atomic mass is 10.0. The normalized spacial score (nSPS) is 14.1. The minimum atomic E-state index is -4.39. The van der Waals surface area contributed by atoms with Crippen LogP contribution in [0.5, 0.6) is 0 Å². The van der Waals surface area contributed by atoms with Gasteiger partial charge in [0.25, 0.3) is 0 Å². The lowest BCUT2D eigenvalue weighted by Gasteiger charge is -2.12. The predicted molar refractivity (Wildman–Crippen MR) is 72.7 cm³/mol. The number of thioether (sulfide) groups is 1. The average Bonchev–Trinajstić information content (AvgIpc) is 2.37. The van der Waals surface area contributed by atoms with Crippen LogP contribution in [-0.4, -0.2) is 10.3 Å². The molecule has 1 aromatic carbocycles. The Balaban J connectivity index is 2.76. The molecular formula is C12H14F3N3OS. The number of carbonyl (C=O) groups is 1. The zero-order chi connectivity index (χ0) is 15.3. The third-order valence-electron chi connectivity index (χ3n) is 2.53. The van der Waals surface area contributed by atoms with Crippen molar-refractivity contribution in [3.05, 3.63) is 35.4 Å². The van der Waals surface area contributed by atoms with E-state index in [-0.39, 0.29) is 16.7 Å². The highest BCUT2D eigenvalue weighted by Crippen LogP contribution is 2.30. The largest absolute Gasteiger partial charge is 0.416 e. The summed E-state index contributed by atoms with van der Waals surface area (Å²) in [7, 11) is 0. The van der Waals surface area contributed by atoms with Crippen LogP contribution in [0.25, 0.3) is 0 Å². The molecule has 8 heteroatoms. The van der Waals surface area contributed by atoms with Crippen LogP contribution in [0.2, 0.25) is 0 Å². The lowest BCUT2D eigenvalue weighted by Crippen LogP contribution is -2.18. The van der Waals surface area contributed by atoms with Gasteiger partial charge in [0.15, 0.2) is 10.3 Å². The highest BCUT2D eigenvalue weighted by Gasteiger charge is 2.30. The number of halogens is 3. The summed E-state index contributed by atoms with van der Waals surface area (Å²) in [6.07, 6.45) is -4.21. The van der Waals surface area contributed by atoms with E-state index in [9.17, 15) is 18.0 Å². The van der Waals surface area contributed by atoms with E-state index in [4.69, 9.17) is 11.6 Å². The highest BCUT2D eigenvalue weighted by molar-refractivity contribution is 8.26. The van der Waals surface area contributed by atoms with Gasteiger partial charge in [0, 0.05) is 5.92 Å². The van der Waals surface area contributed by atoms with Gasteiger partial charge < -0.3 is 11.6 Å². The van der Waals surface area contributed by atoms with Crippen LogP contribution in [0.3, 0.4) is 0 Å². The Labute approximate surface area is 118 Å². The molecule has 1 rings (SSSR count). The summed E-state index contributed by atoms with van der Waals surface area (Å²) in [4.78, 5) is 11.7. The van der Waals surface area contributed by atoms with Gasteiger partial charge in [-0.1, -0.05) is 25.1 Å². The number of hydrazone groups is 1. The van der Waals surface area contributed by atoms with Crippen molar-refractivity contribution in [1.82, 2.24) is 0 Å². The van der Waals surface area contributed by atoms with E-state index in [1.807, 2.05) is 0 Å². The Bertz CT molecular complexity index is 517. The lowest BCUT2D eigenvalue weighted by molar-refractivity contribution is -0.137. The molecule has 0 fully saturated rings. The van der Waals surface area contributed by atoms with E-state index in [0.717, 1.165) is 12.1 Å². The van der Waals surface area contributed by atoms with Gasteiger partial charge in [-0.2, -0.15) is 18.3 Å². The summed E-state index contributed by atoms with van der Waals surface area (Å²) in [5.41, 5.74) is 5.01. The monoisotopic (exact) mass is 305 g/mol. The van der Waals surface area contributed by atoms with Crippen LogP contribution in [0.1, 0.15) is 18.1 Å². The number of nitrogens with two attached hydrogens (primary N) is 2. The molecule has 4 nitrogen and oxygen atoms in total. The Hall–Kier alpha value is -1.70. The summed E-state index contributed by atoms with van der Waals surface area (Å²) in [5, 5.41) is 2.78. The van der Waals surface area contributed by atoms with Gasteiger partial charge in [-0.25, -0.2) is 0 Å². The minimum Gasteiger partial charge on any atom is -0.377 e. The first kappa shape index (κ1) is 16.4. The second-order valence-corrected chi connectivity index (χ2v) is 5.22. The Kier molecular flexibility index (Phi) is 5.43. The molecule has 1 atom stereocenters. The van der Waals surface area contributed by atoms with Crippen LogP contribution in [0.4, 0.5) is 13.2 Å². The van der Waals surface area contributed by atoms with Crippen LogP contribution in [-0.2, 0) is 17.4 Å². The van der Waals surface area contributed by atoms with Crippen molar-refractivity contribution < 1.29 is 18.0 Å². The molecule has 0 saturated heterocycles. The summed E-state index contributed by atoms with van der Waals surface area (Å²) in [5.74, 6) is 4.41. The standard InChI is InChI=1S/C12H14F3N3OS/c1-7(10(19)20-11(16)18-17)5-8-3-2-4-9(6-8)12(13,14)15/h2-4,6-7H,5,17H2,1H3,(H2,16,18). The van der Waals surface area contributed by atoms with Crippen molar-refractivity contribution in [2.75, 3.05) is 0 Å². The van der Waals surface area contributed by atoms with Gasteiger partial charge in [0.2, 0.25) is 0 Å². The van der Waals surface area contributed by atoms with Crippen molar-refractivity contribution in [3.8, 4) is 0 Å². The van der Waals surface area contributed by atoms with Gasteiger partial charge in [-0.05, 0) is 29.8 Å². The number of hydrogen-bond donors (Lipinski definition) is 2. The first-order valence-electron chi connectivity index (χ1n) is 5.65. The van der Waals surface area contributed by atoms with Crippen LogP contribution in [0, 0.1) is 5.92 Å². The molecule has 0 amide bonds. The third-order valence-corrected chi connectivity index (χ3v) is 3.45. The van der Waals surface area contributed by atoms with E-state index >= 15 is 0 Å². The molecule has 0 radical (unpaired) electrons. The van der Waals surface area contributed by atoms with Gasteiger partial charge in [0.1, 0.15) is 0 Å². The fourth-order valence-electron chi connectivity index (χ4n) is 1.54. The smallest absolute Gasteiger partial charge is 0.377 e. The molecule has 0 heterocycles. The van der Waals surface area contributed by atoms with E-state index in [0.29, 0.717) is 17.3 Å². The molecule has 0 aliphatic carbocycles. The number of hydrogen-bond acceptors (Lipinski definition) is 4. The summed E-state index contributed by atoms with van der Waals surface area (Å²) in [6.45, 7) is 1.61. The zero-order valence-electron chi connectivity index (χ0n) is 10.6. The molecule has 0 bridgehead atoms. The summed E-state index contributed by atoms with van der Waals surface area (Å²) < 4.78 is 37.7. The van der Waals surface area contributed by atoms with Crippen LogP contribution < -0.4 is 11.6 Å². The molecule has 0 aliphatic heterocycles. The first-order chi connectivity index (χ1) is 9.24. The van der Waals surface area contributed by atoms with E-state index in [2.05, 4.69) is 5.10 Å². The zero-order valence-corrected chi connectivity index (χ0v) is 11.5. The number of rotatable bonds is 3. The van der Waals surface area contributed by atoms with Crippen molar-refractivity contribution in [3.63, 3.8) is 0 Å². The molecule has 4 N–H and O–H groups in total. The average molecular weight is 305 g/mol. The minimum absolute atomic E-state index is 0.0779. The fraction of sp³-hybridized carbons (Fsp3) is 0.333. The molecule has 0 aromatic heterocycles. The molecule has 0 spiro atoms. The number of alkyl halides is 3. The molecule has 0 aliphatic rings. The maximum Gasteiger partial charge on any atom is 0.416 e. The number of carbonyl (C=O) groups excluding carboxylic acids is 1. The molecule has 110 valence electrons. The first-order valence-corrected chi connectivity index (χ1v) is 6.47. The van der Waals surface area contributed by atoms with E-state index < -0.39 is 17.7 Å². The van der Waals surface area contributed by atoms with Crippen LogP contribution >= 0.6 is 11.8 Å². The summed E-state index contributed by atoms with van der Waals surface area (Å²) in [6, 6.07) is 4.89. The number of nitrogens with zero attached hydrogens (tertiary/aromatic N) is 1. The third kappa shape index (κ3) is 4.76. The van der Waals surface area contributed by atoms with Crippen molar-refractivity contribution >= 4 is 22.0 Å². The maximum atomic E-state index is 12.6. The van der Waals surface area contributed by atoms with Crippen molar-refractivity contribution in [2.45, 2.75) is 19.5 Å². The fourth-order valence-corrected chi connectivity index (χ4v) is 2.08. The molecule has 0 saturated carbocycles. The Morgan fingerprint density at radius 3 is 2.65 bits per heavy atom. The van der Waals surface area contributed by atoms with Gasteiger partial charge in [0.05, 0.1) is 5.56 Å². The van der Waals surface area contributed by atoms with Gasteiger partial charge in [-0.3, -0.25) is 4.79 Å². The predicted octanol–water partition coefficient (Wildman–Crippen LogP) is 2.33. The van der Waals surface area contributed by atoms with Crippen molar-refractivity contribution in [1.29, 1.82) is 0 Å². The number of benzene rings is 1. The second kappa shape index (κ2) is 6.65. The molecule has 1 aromatic rings. The van der Waals surface area contributed by atoms with Gasteiger partial charge >= 0.3 is 6.18 Å². The topological polar surface area (TPSA) is 81.5 Å². The van der Waals surface area contributed by atoms with Crippen molar-refractivity contribution in [2.24, 2.45) is 22.6 Å². The molecular weight excluding hydrogens is 291 g/mol. The molecule has 20 heavy (non-hydrogen) atoms. The van der Waals surface area contributed by atoms with E-state index in [1.165, 1.54) is 6.07 Å². The SMILES string of the molecule is CC(Cc1cccc(C(F)(F)F)c1)C(=O)SC(N)=NN. The van der Waals surface area contributed by atoms with E-state index in [1.54, 1.807) is 13.0 Å². The Morgan fingerprint density at radius 1 is 1.45 bits per heavy atom. The molecule has 1 unspecified atom stereocenters. The Morgan fingerprint density at radius 2 is 2.10 bits per heavy atom. The quantitative estimate of drug-likeness (QED) is 0.389.